The summed E-state index contributed by atoms with van der Waals surface area (Å²) in [5.74, 6) is 2.99. The molecule has 0 spiro atoms. The van der Waals surface area contributed by atoms with E-state index >= 15 is 0 Å². The first kappa shape index (κ1) is 14.0. The third-order valence-corrected chi connectivity index (χ3v) is 8.14. The van der Waals surface area contributed by atoms with Gasteiger partial charge in [0.05, 0.1) is 0 Å². The van der Waals surface area contributed by atoms with Crippen LogP contribution in [0.2, 0.25) is 0 Å². The van der Waals surface area contributed by atoms with Gasteiger partial charge in [0.1, 0.15) is 0 Å². The maximum absolute atomic E-state index is 2.52. The Bertz CT molecular complexity index is 1040. The van der Waals surface area contributed by atoms with Crippen LogP contribution in [0.1, 0.15) is 44.1 Å². The molecule has 0 N–H and O–H groups in total. The number of rotatable bonds is 1. The van der Waals surface area contributed by atoms with Gasteiger partial charge in [0.25, 0.3) is 0 Å². The summed E-state index contributed by atoms with van der Waals surface area (Å²) >= 11 is 0. The fraction of sp³-hybridized carbons (Fsp3) is 0.385. The molecule has 4 saturated carbocycles. The molecule has 0 aliphatic heterocycles. The molecule has 0 amide bonds. The predicted molar refractivity (Wildman–Crippen MR) is 108 cm³/mol. The molecule has 0 aromatic heterocycles. The Morgan fingerprint density at radius 3 is 2.00 bits per heavy atom. The second-order valence-electron chi connectivity index (χ2n) is 9.64. The van der Waals surface area contributed by atoms with Crippen LogP contribution in [0.15, 0.2) is 54.6 Å². The topological polar surface area (TPSA) is 0 Å². The van der Waals surface area contributed by atoms with Crippen LogP contribution in [0.5, 0.6) is 0 Å². The molecule has 128 valence electrons. The van der Waals surface area contributed by atoms with Gasteiger partial charge in [-0.2, -0.15) is 0 Å². The van der Waals surface area contributed by atoms with Crippen molar-refractivity contribution in [3.8, 4) is 22.3 Å². The van der Waals surface area contributed by atoms with Gasteiger partial charge in [-0.25, -0.2) is 0 Å². The number of benzene rings is 3. The maximum atomic E-state index is 2.52. The average Bonchev–Trinajstić information content (AvgIpc) is 2.98. The van der Waals surface area contributed by atoms with Crippen molar-refractivity contribution < 1.29 is 0 Å². The summed E-state index contributed by atoms with van der Waals surface area (Å²) < 4.78 is 0. The van der Waals surface area contributed by atoms with Crippen LogP contribution in [0.4, 0.5) is 0 Å². The molecular weight excluding hydrogens is 312 g/mol. The lowest BCUT2D eigenvalue weighted by Crippen LogP contribution is -2.48. The van der Waals surface area contributed by atoms with E-state index in [1.807, 2.05) is 0 Å². The summed E-state index contributed by atoms with van der Waals surface area (Å²) in [6.07, 6.45) is 8.89. The second kappa shape index (κ2) is 4.60. The third-order valence-electron chi connectivity index (χ3n) is 8.14. The Kier molecular flexibility index (Phi) is 2.48. The molecule has 5 aliphatic rings. The Morgan fingerprint density at radius 1 is 0.615 bits per heavy atom. The van der Waals surface area contributed by atoms with Crippen LogP contribution in [0, 0.1) is 17.8 Å². The van der Waals surface area contributed by atoms with E-state index in [1.54, 1.807) is 11.1 Å². The van der Waals surface area contributed by atoms with Gasteiger partial charge >= 0.3 is 0 Å². The standard InChI is InChI=1S/C26H24/c1-2-6-22-20(5-1)21-7-3-4-19-8-9-23(25(22)24(19)21)26-13-16-10-17(14-26)12-18(11-16)15-26/h1-9,16-18H,10-15H2. The first-order chi connectivity index (χ1) is 12.8. The summed E-state index contributed by atoms with van der Waals surface area (Å²) in [4.78, 5) is 0. The van der Waals surface area contributed by atoms with Crippen molar-refractivity contribution in [2.75, 3.05) is 0 Å². The molecule has 0 atom stereocenters. The number of hydrogen-bond donors (Lipinski definition) is 0. The second-order valence-corrected chi connectivity index (χ2v) is 9.64. The van der Waals surface area contributed by atoms with E-state index in [1.165, 1.54) is 66.0 Å². The first-order valence-corrected chi connectivity index (χ1v) is 10.5. The third kappa shape index (κ3) is 1.62. The summed E-state index contributed by atoms with van der Waals surface area (Å²) in [6.45, 7) is 0. The Labute approximate surface area is 155 Å². The Morgan fingerprint density at radius 2 is 1.27 bits per heavy atom. The van der Waals surface area contributed by atoms with E-state index in [9.17, 15) is 0 Å². The molecule has 0 nitrogen and oxygen atoms in total. The molecule has 26 heavy (non-hydrogen) atoms. The van der Waals surface area contributed by atoms with Crippen LogP contribution in [-0.2, 0) is 5.41 Å². The molecular formula is C26H24. The normalized spacial score (nSPS) is 33.0. The van der Waals surface area contributed by atoms with Crippen LogP contribution >= 0.6 is 0 Å². The Hall–Kier alpha value is -2.08. The van der Waals surface area contributed by atoms with Gasteiger partial charge in [0.15, 0.2) is 0 Å². The minimum Gasteiger partial charge on any atom is -0.0616 e. The molecule has 3 aromatic rings. The molecule has 0 saturated heterocycles. The van der Waals surface area contributed by atoms with Crippen molar-refractivity contribution in [2.45, 2.75) is 43.9 Å². The van der Waals surface area contributed by atoms with E-state index in [4.69, 9.17) is 0 Å². The zero-order chi connectivity index (χ0) is 16.9. The lowest BCUT2D eigenvalue weighted by atomic mass is 9.47. The van der Waals surface area contributed by atoms with E-state index in [0.29, 0.717) is 5.41 Å². The van der Waals surface area contributed by atoms with Crippen molar-refractivity contribution in [2.24, 2.45) is 17.8 Å². The quantitative estimate of drug-likeness (QED) is 0.352. The fourth-order valence-electron chi connectivity index (χ4n) is 7.70. The minimum absolute atomic E-state index is 0.461. The van der Waals surface area contributed by atoms with E-state index in [0.717, 1.165) is 17.8 Å². The van der Waals surface area contributed by atoms with Crippen LogP contribution in [-0.4, -0.2) is 0 Å². The van der Waals surface area contributed by atoms with E-state index in [-0.39, 0.29) is 0 Å². The zero-order valence-corrected chi connectivity index (χ0v) is 15.2. The summed E-state index contributed by atoms with van der Waals surface area (Å²) in [7, 11) is 0. The van der Waals surface area contributed by atoms with Crippen molar-refractivity contribution in [3.63, 3.8) is 0 Å². The van der Waals surface area contributed by atoms with Crippen molar-refractivity contribution >= 4 is 10.8 Å². The van der Waals surface area contributed by atoms with E-state index in [2.05, 4.69) is 54.6 Å². The summed E-state index contributed by atoms with van der Waals surface area (Å²) in [5, 5.41) is 2.95. The van der Waals surface area contributed by atoms with Gasteiger partial charge in [-0.05, 0) is 100 Å². The van der Waals surface area contributed by atoms with Gasteiger partial charge in [-0.3, -0.25) is 0 Å². The Balaban J connectivity index is 1.55. The van der Waals surface area contributed by atoms with Gasteiger partial charge in [-0.15, -0.1) is 0 Å². The lowest BCUT2D eigenvalue weighted by molar-refractivity contribution is -0.00486. The largest absolute Gasteiger partial charge is 0.0616 e. The highest BCUT2D eigenvalue weighted by atomic mass is 14.6. The molecule has 0 heteroatoms. The molecule has 3 aromatic carbocycles. The monoisotopic (exact) mass is 336 g/mol. The minimum atomic E-state index is 0.461. The van der Waals surface area contributed by atoms with Crippen LogP contribution < -0.4 is 0 Å². The lowest BCUT2D eigenvalue weighted by Gasteiger charge is -2.57. The molecule has 4 fully saturated rings. The highest BCUT2D eigenvalue weighted by Gasteiger charge is 2.52. The van der Waals surface area contributed by atoms with Crippen molar-refractivity contribution in [3.05, 3.63) is 60.2 Å². The zero-order valence-electron chi connectivity index (χ0n) is 15.2. The average molecular weight is 336 g/mol. The van der Waals surface area contributed by atoms with Crippen molar-refractivity contribution in [1.82, 2.24) is 0 Å². The molecule has 4 bridgehead atoms. The van der Waals surface area contributed by atoms with Gasteiger partial charge < -0.3 is 0 Å². The molecule has 0 unspecified atom stereocenters. The van der Waals surface area contributed by atoms with Crippen LogP contribution in [0.25, 0.3) is 33.0 Å². The van der Waals surface area contributed by atoms with Crippen molar-refractivity contribution in [1.29, 1.82) is 0 Å². The SMILES string of the molecule is c1ccc2c(c1)-c1cccc3ccc(C45CC6CC(CC(C6)C4)C5)c-2c13. The number of fused-ring (bicyclic) bond motifs is 3. The summed E-state index contributed by atoms with van der Waals surface area (Å²) in [6, 6.07) is 20.9. The molecule has 5 aliphatic carbocycles. The van der Waals surface area contributed by atoms with Gasteiger partial charge in [0.2, 0.25) is 0 Å². The first-order valence-electron chi connectivity index (χ1n) is 10.5. The fourth-order valence-corrected chi connectivity index (χ4v) is 7.70. The van der Waals surface area contributed by atoms with E-state index < -0.39 is 0 Å². The smallest absolute Gasteiger partial charge is 0.00234 e. The molecule has 0 radical (unpaired) electrons. The van der Waals surface area contributed by atoms with Gasteiger partial charge in [-0.1, -0.05) is 54.6 Å². The summed E-state index contributed by atoms with van der Waals surface area (Å²) in [5.41, 5.74) is 8.15. The molecule has 8 rings (SSSR count). The van der Waals surface area contributed by atoms with Crippen LogP contribution in [0.3, 0.4) is 0 Å². The highest BCUT2D eigenvalue weighted by Crippen LogP contribution is 2.63. The maximum Gasteiger partial charge on any atom is -0.00234 e. The number of hydrogen-bond acceptors (Lipinski definition) is 0. The predicted octanol–water partition coefficient (Wildman–Crippen LogP) is 6.96. The molecule has 0 heterocycles. The van der Waals surface area contributed by atoms with Gasteiger partial charge in [0, 0.05) is 0 Å². The highest BCUT2D eigenvalue weighted by molar-refractivity contribution is 6.16.